The highest BCUT2D eigenvalue weighted by Crippen LogP contribution is 2.43. The molecule has 0 nitrogen and oxygen atoms in total. The van der Waals surface area contributed by atoms with Crippen molar-refractivity contribution in [3.63, 3.8) is 0 Å². The molecule has 0 saturated carbocycles. The summed E-state index contributed by atoms with van der Waals surface area (Å²) in [6.45, 7) is 2.20. The zero-order valence-corrected chi connectivity index (χ0v) is 20.6. The van der Waals surface area contributed by atoms with Crippen molar-refractivity contribution in [1.82, 2.24) is 0 Å². The lowest BCUT2D eigenvalue weighted by Crippen LogP contribution is -1.90. The maximum absolute atomic E-state index is 2.38. The normalized spacial score (nSPS) is 11.9. The molecule has 0 heteroatoms. The first-order valence-corrected chi connectivity index (χ1v) is 12.9. The first kappa shape index (κ1) is 20.5. The molecule has 0 amide bonds. The van der Waals surface area contributed by atoms with Crippen LogP contribution in [0.25, 0.3) is 75.8 Å². The van der Waals surface area contributed by atoms with Gasteiger partial charge >= 0.3 is 0 Å². The van der Waals surface area contributed by atoms with E-state index in [-0.39, 0.29) is 0 Å². The van der Waals surface area contributed by atoms with Gasteiger partial charge in [0.15, 0.2) is 0 Å². The number of rotatable bonds is 1. The van der Waals surface area contributed by atoms with Gasteiger partial charge in [-0.05, 0) is 106 Å². The number of hydrogen-bond acceptors (Lipinski definition) is 0. The predicted molar refractivity (Wildman–Crippen MR) is 162 cm³/mol. The predicted octanol–water partition coefficient (Wildman–Crippen LogP) is 10.6. The van der Waals surface area contributed by atoms with Crippen LogP contribution in [0.1, 0.15) is 5.56 Å². The zero-order chi connectivity index (χ0) is 24.5. The van der Waals surface area contributed by atoms with Crippen LogP contribution < -0.4 is 0 Å². The van der Waals surface area contributed by atoms with Crippen LogP contribution in [0, 0.1) is 6.92 Å². The highest BCUT2D eigenvalue weighted by molar-refractivity contribution is 6.24. The average molecular weight is 469 g/mol. The Labute approximate surface area is 215 Å². The van der Waals surface area contributed by atoms with Gasteiger partial charge in [-0.25, -0.2) is 0 Å². The van der Waals surface area contributed by atoms with Crippen LogP contribution in [-0.4, -0.2) is 0 Å². The number of hydrogen-bond donors (Lipinski definition) is 0. The summed E-state index contributed by atoms with van der Waals surface area (Å²) in [6, 6.07) is 47.2. The minimum Gasteiger partial charge on any atom is -0.0616 e. The summed E-state index contributed by atoms with van der Waals surface area (Å²) >= 11 is 0. The van der Waals surface area contributed by atoms with E-state index in [1.807, 2.05) is 0 Å². The summed E-state index contributed by atoms with van der Waals surface area (Å²) in [5, 5.41) is 15.6. The summed E-state index contributed by atoms with van der Waals surface area (Å²) in [5.74, 6) is 0. The van der Waals surface area contributed by atoms with E-state index in [0.717, 1.165) is 0 Å². The van der Waals surface area contributed by atoms with Crippen LogP contribution in [0.2, 0.25) is 0 Å². The van der Waals surface area contributed by atoms with Gasteiger partial charge in [0, 0.05) is 0 Å². The Hall–Kier alpha value is -4.68. The molecule has 8 aromatic rings. The third-order valence-corrected chi connectivity index (χ3v) is 8.13. The lowest BCUT2D eigenvalue weighted by Gasteiger charge is -2.17. The van der Waals surface area contributed by atoms with Crippen molar-refractivity contribution in [2.24, 2.45) is 0 Å². The van der Waals surface area contributed by atoms with Gasteiger partial charge < -0.3 is 0 Å². The van der Waals surface area contributed by atoms with Crippen molar-refractivity contribution in [2.45, 2.75) is 6.92 Å². The Bertz CT molecular complexity index is 2200. The Balaban J connectivity index is 1.54. The summed E-state index contributed by atoms with van der Waals surface area (Å²) in [4.78, 5) is 0. The number of aryl methyl sites for hydroxylation is 1. The molecule has 0 fully saturated rings. The Morgan fingerprint density at radius 1 is 0.324 bits per heavy atom. The van der Waals surface area contributed by atoms with Gasteiger partial charge in [-0.2, -0.15) is 0 Å². The fourth-order valence-corrected chi connectivity index (χ4v) is 6.35. The topological polar surface area (TPSA) is 0 Å². The molecular weight excluding hydrogens is 444 g/mol. The van der Waals surface area contributed by atoms with E-state index in [2.05, 4.69) is 134 Å². The second-order valence-electron chi connectivity index (χ2n) is 10.2. The summed E-state index contributed by atoms with van der Waals surface area (Å²) < 4.78 is 0. The van der Waals surface area contributed by atoms with Gasteiger partial charge in [-0.3, -0.25) is 0 Å². The molecule has 0 heterocycles. The van der Waals surface area contributed by atoms with E-state index in [1.54, 1.807) is 0 Å². The van der Waals surface area contributed by atoms with Crippen LogP contribution >= 0.6 is 0 Å². The molecule has 0 N–H and O–H groups in total. The van der Waals surface area contributed by atoms with Crippen molar-refractivity contribution in [3.8, 4) is 11.1 Å². The highest BCUT2D eigenvalue weighted by atomic mass is 14.2. The van der Waals surface area contributed by atoms with Crippen LogP contribution in [-0.2, 0) is 0 Å². The molecule has 37 heavy (non-hydrogen) atoms. The Morgan fingerprint density at radius 3 is 1.78 bits per heavy atom. The summed E-state index contributed by atoms with van der Waals surface area (Å²) in [6.07, 6.45) is 0. The molecule has 172 valence electrons. The van der Waals surface area contributed by atoms with Crippen molar-refractivity contribution < 1.29 is 0 Å². The highest BCUT2D eigenvalue weighted by Gasteiger charge is 2.15. The molecule has 0 aliphatic heterocycles. The van der Waals surface area contributed by atoms with Crippen LogP contribution in [0.15, 0.2) is 127 Å². The third kappa shape index (κ3) is 2.96. The van der Waals surface area contributed by atoms with Crippen molar-refractivity contribution in [1.29, 1.82) is 0 Å². The smallest absolute Gasteiger partial charge is 0.00204 e. The maximum Gasteiger partial charge on any atom is -0.00204 e. The standard InChI is InChI=1S/C37H24/c1-23-8-6-13-30-28(23)18-19-34-36(30)22-26-11-4-5-12-29(26)37(34)33-15-7-14-31-32(33)17-16-27-20-24-9-2-3-10-25(24)21-35(27)31/h2-22H,1H3. The van der Waals surface area contributed by atoms with E-state index in [9.17, 15) is 0 Å². The largest absolute Gasteiger partial charge is 0.0616 e. The first-order valence-electron chi connectivity index (χ1n) is 12.9. The lowest BCUT2D eigenvalue weighted by atomic mass is 9.86. The third-order valence-electron chi connectivity index (χ3n) is 8.13. The summed E-state index contributed by atoms with van der Waals surface area (Å²) in [5.41, 5.74) is 3.93. The molecule has 0 atom stereocenters. The molecule has 0 aliphatic carbocycles. The van der Waals surface area contributed by atoms with Gasteiger partial charge in [0.2, 0.25) is 0 Å². The summed E-state index contributed by atoms with van der Waals surface area (Å²) in [7, 11) is 0. The van der Waals surface area contributed by atoms with E-state index in [4.69, 9.17) is 0 Å². The first-order chi connectivity index (χ1) is 18.3. The second-order valence-corrected chi connectivity index (χ2v) is 10.2. The zero-order valence-electron chi connectivity index (χ0n) is 20.6. The molecule has 0 saturated heterocycles. The van der Waals surface area contributed by atoms with Gasteiger partial charge in [0.05, 0.1) is 0 Å². The van der Waals surface area contributed by atoms with Gasteiger partial charge in [0.1, 0.15) is 0 Å². The van der Waals surface area contributed by atoms with Gasteiger partial charge in [-0.15, -0.1) is 0 Å². The van der Waals surface area contributed by atoms with Crippen molar-refractivity contribution in [2.75, 3.05) is 0 Å². The maximum atomic E-state index is 2.38. The molecule has 0 spiro atoms. The lowest BCUT2D eigenvalue weighted by molar-refractivity contribution is 1.54. The Morgan fingerprint density at radius 2 is 0.919 bits per heavy atom. The monoisotopic (exact) mass is 468 g/mol. The van der Waals surface area contributed by atoms with Crippen molar-refractivity contribution in [3.05, 3.63) is 133 Å². The minimum atomic E-state index is 1.28. The van der Waals surface area contributed by atoms with Gasteiger partial charge in [-0.1, -0.05) is 109 Å². The van der Waals surface area contributed by atoms with Crippen LogP contribution in [0.3, 0.4) is 0 Å². The molecular formula is C37H24. The fraction of sp³-hybridized carbons (Fsp3) is 0.0270. The quantitative estimate of drug-likeness (QED) is 0.166. The molecule has 0 radical (unpaired) electrons. The SMILES string of the molecule is Cc1cccc2c1ccc1c(-c3cccc4c3ccc3cc5ccccc5cc34)c3ccccc3cc12. The van der Waals surface area contributed by atoms with E-state index >= 15 is 0 Å². The van der Waals surface area contributed by atoms with Crippen LogP contribution in [0.5, 0.6) is 0 Å². The molecule has 8 rings (SSSR count). The molecule has 0 aromatic heterocycles. The molecule has 0 unspecified atom stereocenters. The van der Waals surface area contributed by atoms with E-state index in [0.29, 0.717) is 0 Å². The molecule has 8 aromatic carbocycles. The average Bonchev–Trinajstić information content (AvgIpc) is 2.94. The minimum absolute atomic E-state index is 1.28. The number of fused-ring (bicyclic) bond motifs is 8. The Kier molecular flexibility index (Phi) is 4.24. The fourth-order valence-electron chi connectivity index (χ4n) is 6.35. The second kappa shape index (κ2) is 7.66. The van der Waals surface area contributed by atoms with Crippen molar-refractivity contribution >= 4 is 64.6 Å². The molecule has 0 bridgehead atoms. The molecule has 0 aliphatic rings. The van der Waals surface area contributed by atoms with E-state index < -0.39 is 0 Å². The van der Waals surface area contributed by atoms with Crippen LogP contribution in [0.4, 0.5) is 0 Å². The number of benzene rings is 8. The van der Waals surface area contributed by atoms with E-state index in [1.165, 1.54) is 81.3 Å². The van der Waals surface area contributed by atoms with Gasteiger partial charge in [0.25, 0.3) is 0 Å².